The molecule has 0 aliphatic carbocycles. The van der Waals surface area contributed by atoms with E-state index in [1.165, 1.54) is 16.7 Å². The highest BCUT2D eigenvalue weighted by molar-refractivity contribution is 5.30. The second-order valence-electron chi connectivity index (χ2n) is 4.93. The van der Waals surface area contributed by atoms with Gasteiger partial charge in [-0.3, -0.25) is 0 Å². The van der Waals surface area contributed by atoms with Crippen molar-refractivity contribution in [1.82, 2.24) is 9.97 Å². The third-order valence-electron chi connectivity index (χ3n) is 3.47. The zero-order valence-corrected chi connectivity index (χ0v) is 11.9. The molecule has 0 aliphatic rings. The molecule has 0 unspecified atom stereocenters. The Kier molecular flexibility index (Phi) is 4.27. The lowest BCUT2D eigenvalue weighted by Crippen LogP contribution is -2.11. The van der Waals surface area contributed by atoms with Crippen LogP contribution in [0.3, 0.4) is 0 Å². The number of hydrogen-bond acceptors (Lipinski definition) is 3. The molecule has 0 saturated carbocycles. The van der Waals surface area contributed by atoms with Gasteiger partial charge < -0.3 is 5.73 Å². The molecule has 0 spiro atoms. The molecule has 19 heavy (non-hydrogen) atoms. The predicted molar refractivity (Wildman–Crippen MR) is 78.2 cm³/mol. The standard InChI is InChI=1S/C16H21N3/c1-11-6-4-5-7-14(11)10-16-18-12(2)15(8-9-17)13(3)19-16/h4-7H,8-10,17H2,1-3H3. The first kappa shape index (κ1) is 13.7. The van der Waals surface area contributed by atoms with Crippen LogP contribution in [0.2, 0.25) is 0 Å². The number of benzene rings is 1. The van der Waals surface area contributed by atoms with E-state index in [4.69, 9.17) is 5.73 Å². The Hall–Kier alpha value is -1.74. The SMILES string of the molecule is Cc1ccccc1Cc1nc(C)c(CCN)c(C)n1. The molecular weight excluding hydrogens is 234 g/mol. The summed E-state index contributed by atoms with van der Waals surface area (Å²) in [6.07, 6.45) is 1.64. The Labute approximate surface area is 114 Å². The molecule has 1 heterocycles. The lowest BCUT2D eigenvalue weighted by atomic mass is 10.0. The fourth-order valence-corrected chi connectivity index (χ4v) is 2.37. The summed E-state index contributed by atoms with van der Waals surface area (Å²) in [6.45, 7) is 6.85. The normalized spacial score (nSPS) is 10.7. The number of hydrogen-bond donors (Lipinski definition) is 1. The Balaban J connectivity index is 2.30. The molecule has 2 N–H and O–H groups in total. The lowest BCUT2D eigenvalue weighted by molar-refractivity contribution is 0.849. The maximum absolute atomic E-state index is 5.62. The van der Waals surface area contributed by atoms with E-state index in [1.54, 1.807) is 0 Å². The average Bonchev–Trinajstić information content (AvgIpc) is 2.37. The maximum Gasteiger partial charge on any atom is 0.133 e. The topological polar surface area (TPSA) is 51.8 Å². The van der Waals surface area contributed by atoms with Gasteiger partial charge in [-0.2, -0.15) is 0 Å². The molecule has 3 heteroatoms. The smallest absolute Gasteiger partial charge is 0.133 e. The van der Waals surface area contributed by atoms with Crippen LogP contribution in [0.4, 0.5) is 0 Å². The van der Waals surface area contributed by atoms with Gasteiger partial charge in [0.05, 0.1) is 0 Å². The molecule has 1 aromatic heterocycles. The number of nitrogens with zero attached hydrogens (tertiary/aromatic N) is 2. The van der Waals surface area contributed by atoms with Gasteiger partial charge in [-0.05, 0) is 50.4 Å². The molecule has 0 radical (unpaired) electrons. The second-order valence-corrected chi connectivity index (χ2v) is 4.93. The highest BCUT2D eigenvalue weighted by atomic mass is 14.9. The predicted octanol–water partition coefficient (Wildman–Crippen LogP) is 2.49. The van der Waals surface area contributed by atoms with Crippen LogP contribution in [0.5, 0.6) is 0 Å². The minimum atomic E-state index is 0.641. The summed E-state index contributed by atoms with van der Waals surface area (Å²) in [5.74, 6) is 0.894. The van der Waals surface area contributed by atoms with Gasteiger partial charge in [-0.1, -0.05) is 24.3 Å². The summed E-state index contributed by atoms with van der Waals surface area (Å²) in [6, 6.07) is 8.38. The molecule has 3 nitrogen and oxygen atoms in total. The Bertz CT molecular complexity index is 553. The molecule has 2 aromatic rings. The van der Waals surface area contributed by atoms with E-state index in [1.807, 2.05) is 13.8 Å². The number of aromatic nitrogens is 2. The fourth-order valence-electron chi connectivity index (χ4n) is 2.37. The first-order valence-electron chi connectivity index (χ1n) is 6.69. The molecule has 2 rings (SSSR count). The largest absolute Gasteiger partial charge is 0.330 e. The monoisotopic (exact) mass is 255 g/mol. The van der Waals surface area contributed by atoms with Gasteiger partial charge in [0.2, 0.25) is 0 Å². The van der Waals surface area contributed by atoms with E-state index in [-0.39, 0.29) is 0 Å². The van der Waals surface area contributed by atoms with Crippen LogP contribution in [-0.2, 0) is 12.8 Å². The van der Waals surface area contributed by atoms with Gasteiger partial charge >= 0.3 is 0 Å². The van der Waals surface area contributed by atoms with Gasteiger partial charge in [0, 0.05) is 17.8 Å². The van der Waals surface area contributed by atoms with E-state index in [0.29, 0.717) is 6.54 Å². The van der Waals surface area contributed by atoms with Crippen molar-refractivity contribution in [3.63, 3.8) is 0 Å². The van der Waals surface area contributed by atoms with Crippen LogP contribution < -0.4 is 5.73 Å². The van der Waals surface area contributed by atoms with Crippen LogP contribution in [-0.4, -0.2) is 16.5 Å². The van der Waals surface area contributed by atoms with Gasteiger partial charge in [0.1, 0.15) is 5.82 Å². The van der Waals surface area contributed by atoms with Crippen LogP contribution in [0.15, 0.2) is 24.3 Å². The molecule has 1 aromatic carbocycles. The third kappa shape index (κ3) is 3.18. The van der Waals surface area contributed by atoms with Crippen molar-refractivity contribution in [3.05, 3.63) is 58.2 Å². The van der Waals surface area contributed by atoms with Gasteiger partial charge in [-0.15, -0.1) is 0 Å². The third-order valence-corrected chi connectivity index (χ3v) is 3.47. The maximum atomic E-state index is 5.62. The second kappa shape index (κ2) is 5.93. The van der Waals surface area contributed by atoms with Crippen molar-refractivity contribution >= 4 is 0 Å². The van der Waals surface area contributed by atoms with Crippen LogP contribution in [0.1, 0.15) is 33.9 Å². The average molecular weight is 255 g/mol. The first-order valence-corrected chi connectivity index (χ1v) is 6.69. The minimum Gasteiger partial charge on any atom is -0.330 e. The summed E-state index contributed by atoms with van der Waals surface area (Å²) in [5.41, 5.74) is 11.5. The molecule has 0 atom stereocenters. The first-order chi connectivity index (χ1) is 9.11. The molecule has 0 aliphatic heterocycles. The van der Waals surface area contributed by atoms with Crippen molar-refractivity contribution in [2.24, 2.45) is 5.73 Å². The quantitative estimate of drug-likeness (QED) is 0.913. The van der Waals surface area contributed by atoms with E-state index in [0.717, 1.165) is 30.1 Å². The zero-order valence-electron chi connectivity index (χ0n) is 11.9. The summed E-state index contributed by atoms with van der Waals surface area (Å²) >= 11 is 0. The van der Waals surface area contributed by atoms with Crippen molar-refractivity contribution in [2.75, 3.05) is 6.54 Å². The van der Waals surface area contributed by atoms with Crippen molar-refractivity contribution < 1.29 is 0 Å². The van der Waals surface area contributed by atoms with Crippen molar-refractivity contribution in [1.29, 1.82) is 0 Å². The molecule has 0 amide bonds. The Morgan fingerprint density at radius 1 is 1.00 bits per heavy atom. The van der Waals surface area contributed by atoms with E-state index in [9.17, 15) is 0 Å². The van der Waals surface area contributed by atoms with Crippen molar-refractivity contribution in [2.45, 2.75) is 33.6 Å². The summed E-state index contributed by atoms with van der Waals surface area (Å²) < 4.78 is 0. The summed E-state index contributed by atoms with van der Waals surface area (Å²) in [5, 5.41) is 0. The van der Waals surface area contributed by atoms with Gasteiger partial charge in [0.25, 0.3) is 0 Å². The lowest BCUT2D eigenvalue weighted by Gasteiger charge is -2.11. The van der Waals surface area contributed by atoms with Gasteiger partial charge in [-0.25, -0.2) is 9.97 Å². The fraction of sp³-hybridized carbons (Fsp3) is 0.375. The molecular formula is C16H21N3. The minimum absolute atomic E-state index is 0.641. The Morgan fingerprint density at radius 3 is 2.21 bits per heavy atom. The molecule has 0 saturated heterocycles. The highest BCUT2D eigenvalue weighted by Crippen LogP contribution is 2.15. The van der Waals surface area contributed by atoms with E-state index < -0.39 is 0 Å². The molecule has 0 fully saturated rings. The zero-order chi connectivity index (χ0) is 13.8. The highest BCUT2D eigenvalue weighted by Gasteiger charge is 2.09. The number of nitrogens with two attached hydrogens (primary N) is 1. The van der Waals surface area contributed by atoms with Crippen LogP contribution in [0.25, 0.3) is 0 Å². The van der Waals surface area contributed by atoms with Gasteiger partial charge in [0.15, 0.2) is 0 Å². The molecule has 0 bridgehead atoms. The van der Waals surface area contributed by atoms with E-state index in [2.05, 4.69) is 41.2 Å². The summed E-state index contributed by atoms with van der Waals surface area (Å²) in [7, 11) is 0. The number of aryl methyl sites for hydroxylation is 3. The van der Waals surface area contributed by atoms with Crippen LogP contribution in [0, 0.1) is 20.8 Å². The number of rotatable bonds is 4. The Morgan fingerprint density at radius 2 is 1.63 bits per heavy atom. The van der Waals surface area contributed by atoms with E-state index >= 15 is 0 Å². The van der Waals surface area contributed by atoms with Crippen LogP contribution >= 0.6 is 0 Å². The molecule has 100 valence electrons. The summed E-state index contributed by atoms with van der Waals surface area (Å²) in [4.78, 5) is 9.24. The van der Waals surface area contributed by atoms with Crippen molar-refractivity contribution in [3.8, 4) is 0 Å².